The smallest absolute Gasteiger partial charge is 0.244 e. The lowest BCUT2D eigenvalue weighted by molar-refractivity contribution is 0.399. The molecule has 0 aromatic carbocycles. The van der Waals surface area contributed by atoms with Crippen molar-refractivity contribution in [1.82, 2.24) is 9.29 Å². The molecule has 1 aliphatic rings. The third kappa shape index (κ3) is 2.85. The van der Waals surface area contributed by atoms with Gasteiger partial charge in [0.05, 0.1) is 6.20 Å². The average molecular weight is 273 g/mol. The van der Waals surface area contributed by atoms with Crippen LogP contribution >= 0.6 is 0 Å². The summed E-state index contributed by atoms with van der Waals surface area (Å²) in [5.74, 6) is -0.648. The summed E-state index contributed by atoms with van der Waals surface area (Å²) in [6, 6.07) is 1.03. The molecule has 0 saturated heterocycles. The maximum atomic E-state index is 13.1. The summed E-state index contributed by atoms with van der Waals surface area (Å²) >= 11 is 0. The topological polar surface area (TPSA) is 76.3 Å². The van der Waals surface area contributed by atoms with Crippen LogP contribution in [0, 0.1) is 5.82 Å². The molecule has 0 aliphatic heterocycles. The number of aromatic nitrogens is 1. The van der Waals surface area contributed by atoms with Gasteiger partial charge in [0.15, 0.2) is 0 Å². The summed E-state index contributed by atoms with van der Waals surface area (Å²) in [7, 11) is -3.66. The lowest BCUT2D eigenvalue weighted by atomic mass is 10.4. The zero-order chi connectivity index (χ0) is 13.2. The first kappa shape index (κ1) is 13.4. The van der Waals surface area contributed by atoms with E-state index in [9.17, 15) is 12.8 Å². The molecule has 2 N–H and O–H groups in total. The Morgan fingerprint density at radius 2 is 2.17 bits per heavy atom. The molecule has 2 rings (SSSR count). The highest BCUT2D eigenvalue weighted by Crippen LogP contribution is 2.31. The Balaban J connectivity index is 2.27. The van der Waals surface area contributed by atoms with Gasteiger partial charge in [0.25, 0.3) is 0 Å². The van der Waals surface area contributed by atoms with Gasteiger partial charge < -0.3 is 5.73 Å². The predicted octanol–water partition coefficient (Wildman–Crippen LogP) is 0.723. The van der Waals surface area contributed by atoms with Crippen LogP contribution in [0.25, 0.3) is 0 Å². The summed E-state index contributed by atoms with van der Waals surface area (Å²) in [5.41, 5.74) is 5.41. The fourth-order valence-electron chi connectivity index (χ4n) is 1.78. The summed E-state index contributed by atoms with van der Waals surface area (Å²) < 4.78 is 39.2. The Labute approximate surface area is 106 Å². The van der Waals surface area contributed by atoms with Gasteiger partial charge in [-0.05, 0) is 31.9 Å². The van der Waals surface area contributed by atoms with Crippen molar-refractivity contribution in [2.24, 2.45) is 5.73 Å². The van der Waals surface area contributed by atoms with Crippen molar-refractivity contribution in [1.29, 1.82) is 0 Å². The van der Waals surface area contributed by atoms with E-state index in [-0.39, 0.29) is 10.9 Å². The zero-order valence-corrected chi connectivity index (χ0v) is 10.7. The zero-order valence-electron chi connectivity index (χ0n) is 9.92. The molecule has 0 radical (unpaired) electrons. The lowest BCUT2D eigenvalue weighted by Gasteiger charge is -2.21. The average Bonchev–Trinajstić information content (AvgIpc) is 3.14. The standard InChI is InChI=1S/C11H16FN3O2S/c12-9-6-11(8-14-7-9)18(16,17)15(5-1-4-13)10-2-3-10/h6-8,10H,1-5,13H2. The number of pyridine rings is 1. The molecule has 1 saturated carbocycles. The van der Waals surface area contributed by atoms with Crippen LogP contribution in [0.4, 0.5) is 4.39 Å². The summed E-state index contributed by atoms with van der Waals surface area (Å²) in [6.07, 6.45) is 4.47. The third-order valence-corrected chi connectivity index (χ3v) is 4.74. The summed E-state index contributed by atoms with van der Waals surface area (Å²) in [4.78, 5) is 3.50. The highest BCUT2D eigenvalue weighted by molar-refractivity contribution is 7.89. The second-order valence-electron chi connectivity index (χ2n) is 4.33. The molecule has 0 bridgehead atoms. The molecule has 0 unspecified atom stereocenters. The maximum absolute atomic E-state index is 13.1. The molecule has 0 atom stereocenters. The highest BCUT2D eigenvalue weighted by Gasteiger charge is 2.37. The van der Waals surface area contributed by atoms with Gasteiger partial charge >= 0.3 is 0 Å². The van der Waals surface area contributed by atoms with Gasteiger partial charge in [-0.1, -0.05) is 0 Å². The SMILES string of the molecule is NCCCN(C1CC1)S(=O)(=O)c1cncc(F)c1. The molecule has 100 valence electrons. The van der Waals surface area contributed by atoms with Crippen molar-refractivity contribution >= 4 is 10.0 Å². The molecule has 1 fully saturated rings. The first-order valence-electron chi connectivity index (χ1n) is 5.88. The largest absolute Gasteiger partial charge is 0.330 e. The van der Waals surface area contributed by atoms with E-state index in [2.05, 4.69) is 4.98 Å². The van der Waals surface area contributed by atoms with E-state index < -0.39 is 15.8 Å². The van der Waals surface area contributed by atoms with E-state index in [1.165, 1.54) is 10.5 Å². The van der Waals surface area contributed by atoms with Crippen LogP contribution < -0.4 is 5.73 Å². The fraction of sp³-hybridized carbons (Fsp3) is 0.545. The molecule has 5 nitrogen and oxygen atoms in total. The molecular formula is C11H16FN3O2S. The fourth-order valence-corrected chi connectivity index (χ4v) is 3.48. The van der Waals surface area contributed by atoms with E-state index in [0.29, 0.717) is 19.5 Å². The van der Waals surface area contributed by atoms with Crippen molar-refractivity contribution in [3.8, 4) is 0 Å². The van der Waals surface area contributed by atoms with Crippen LogP contribution in [0.3, 0.4) is 0 Å². The summed E-state index contributed by atoms with van der Waals surface area (Å²) in [6.45, 7) is 0.806. The molecule has 7 heteroatoms. The van der Waals surface area contributed by atoms with Crippen molar-refractivity contribution in [3.05, 3.63) is 24.3 Å². The van der Waals surface area contributed by atoms with Crippen molar-refractivity contribution in [2.75, 3.05) is 13.1 Å². The number of sulfonamides is 1. The van der Waals surface area contributed by atoms with Crippen LogP contribution in [-0.2, 0) is 10.0 Å². The van der Waals surface area contributed by atoms with Crippen LogP contribution in [0.5, 0.6) is 0 Å². The second-order valence-corrected chi connectivity index (χ2v) is 6.22. The molecule has 1 aliphatic carbocycles. The Bertz CT molecular complexity index is 517. The van der Waals surface area contributed by atoms with Gasteiger partial charge in [-0.3, -0.25) is 4.98 Å². The highest BCUT2D eigenvalue weighted by atomic mass is 32.2. The Morgan fingerprint density at radius 1 is 1.44 bits per heavy atom. The van der Waals surface area contributed by atoms with E-state index in [1.54, 1.807) is 0 Å². The molecular weight excluding hydrogens is 257 g/mol. The minimum Gasteiger partial charge on any atom is -0.330 e. The Hall–Kier alpha value is -1.05. The van der Waals surface area contributed by atoms with Crippen LogP contribution in [-0.4, -0.2) is 36.8 Å². The number of halogens is 1. The third-order valence-electron chi connectivity index (χ3n) is 2.82. The monoisotopic (exact) mass is 273 g/mol. The Morgan fingerprint density at radius 3 is 2.72 bits per heavy atom. The molecule has 0 spiro atoms. The second kappa shape index (κ2) is 5.29. The molecule has 18 heavy (non-hydrogen) atoms. The Kier molecular flexibility index (Phi) is 3.94. The predicted molar refractivity (Wildman–Crippen MR) is 64.8 cm³/mol. The lowest BCUT2D eigenvalue weighted by Crippen LogP contribution is -2.35. The number of hydrogen-bond donors (Lipinski definition) is 1. The first-order valence-corrected chi connectivity index (χ1v) is 7.32. The van der Waals surface area contributed by atoms with Crippen LogP contribution in [0.1, 0.15) is 19.3 Å². The number of nitrogens with two attached hydrogens (primary N) is 1. The van der Waals surface area contributed by atoms with Crippen molar-refractivity contribution < 1.29 is 12.8 Å². The van der Waals surface area contributed by atoms with Gasteiger partial charge in [-0.2, -0.15) is 4.31 Å². The molecule has 0 amide bonds. The van der Waals surface area contributed by atoms with Gasteiger partial charge in [-0.25, -0.2) is 12.8 Å². The minimum atomic E-state index is -3.66. The maximum Gasteiger partial charge on any atom is 0.244 e. The van der Waals surface area contributed by atoms with Gasteiger partial charge in [-0.15, -0.1) is 0 Å². The summed E-state index contributed by atoms with van der Waals surface area (Å²) in [5, 5.41) is 0. The van der Waals surface area contributed by atoms with E-state index in [4.69, 9.17) is 5.73 Å². The van der Waals surface area contributed by atoms with Crippen LogP contribution in [0.15, 0.2) is 23.4 Å². The van der Waals surface area contributed by atoms with Crippen molar-refractivity contribution in [2.45, 2.75) is 30.2 Å². The minimum absolute atomic E-state index is 0.0322. The molecule has 1 heterocycles. The van der Waals surface area contributed by atoms with Gasteiger partial charge in [0, 0.05) is 18.8 Å². The van der Waals surface area contributed by atoms with E-state index in [0.717, 1.165) is 25.1 Å². The molecule has 1 aromatic heterocycles. The number of rotatable bonds is 6. The van der Waals surface area contributed by atoms with Gasteiger partial charge in [0.2, 0.25) is 10.0 Å². The van der Waals surface area contributed by atoms with Crippen molar-refractivity contribution in [3.63, 3.8) is 0 Å². The number of hydrogen-bond acceptors (Lipinski definition) is 4. The first-order chi connectivity index (χ1) is 8.55. The van der Waals surface area contributed by atoms with E-state index >= 15 is 0 Å². The van der Waals surface area contributed by atoms with Gasteiger partial charge in [0.1, 0.15) is 10.7 Å². The van der Waals surface area contributed by atoms with Crippen LogP contribution in [0.2, 0.25) is 0 Å². The number of nitrogens with zero attached hydrogens (tertiary/aromatic N) is 2. The van der Waals surface area contributed by atoms with E-state index in [1.807, 2.05) is 0 Å². The normalized spacial score (nSPS) is 16.2. The quantitative estimate of drug-likeness (QED) is 0.828. The molecule has 1 aromatic rings.